The molecule has 3 nitrogen and oxygen atoms in total. The molecule has 4 N–H and O–H groups in total. The van der Waals surface area contributed by atoms with E-state index in [9.17, 15) is 0 Å². The lowest BCUT2D eigenvalue weighted by atomic mass is 10.2. The van der Waals surface area contributed by atoms with Gasteiger partial charge in [-0.2, -0.15) is 0 Å². The molecule has 0 saturated carbocycles. The standard InChI is InChI=1S/C10H14N3/c1-7(2)13-9-5-3-4-8(6-9)10(11)12/h3-4,6-7,13H,1-2H3,(H3,11,12). The van der Waals surface area contributed by atoms with Crippen LogP contribution >= 0.6 is 0 Å². The fourth-order valence-electron chi connectivity index (χ4n) is 1.03. The molecule has 13 heavy (non-hydrogen) atoms. The number of benzene rings is 1. The zero-order chi connectivity index (χ0) is 9.84. The van der Waals surface area contributed by atoms with Crippen molar-refractivity contribution in [2.45, 2.75) is 19.9 Å². The first-order chi connectivity index (χ1) is 6.09. The molecule has 0 heterocycles. The Bertz CT molecular complexity index is 305. The van der Waals surface area contributed by atoms with Gasteiger partial charge in [-0.1, -0.05) is 12.1 Å². The van der Waals surface area contributed by atoms with E-state index in [-0.39, 0.29) is 5.84 Å². The van der Waals surface area contributed by atoms with Crippen molar-refractivity contribution in [1.29, 1.82) is 5.41 Å². The summed E-state index contributed by atoms with van der Waals surface area (Å²) in [6, 6.07) is 8.75. The number of rotatable bonds is 3. The van der Waals surface area contributed by atoms with Crippen molar-refractivity contribution in [2.24, 2.45) is 5.73 Å². The number of anilines is 1. The Labute approximate surface area is 78.5 Å². The first kappa shape index (κ1) is 9.58. The highest BCUT2D eigenvalue weighted by Gasteiger charge is 1.99. The third kappa shape index (κ3) is 2.78. The Kier molecular flexibility index (Phi) is 2.90. The third-order valence-electron chi connectivity index (χ3n) is 1.56. The van der Waals surface area contributed by atoms with Gasteiger partial charge < -0.3 is 11.1 Å². The van der Waals surface area contributed by atoms with E-state index in [1.807, 2.05) is 19.9 Å². The summed E-state index contributed by atoms with van der Waals surface area (Å²) < 4.78 is 0. The van der Waals surface area contributed by atoms with Crippen LogP contribution in [0.25, 0.3) is 0 Å². The second-order valence-electron chi connectivity index (χ2n) is 3.20. The molecule has 0 atom stereocenters. The van der Waals surface area contributed by atoms with Gasteiger partial charge in [-0.25, -0.2) is 0 Å². The van der Waals surface area contributed by atoms with Gasteiger partial charge in [0.1, 0.15) is 5.84 Å². The summed E-state index contributed by atoms with van der Waals surface area (Å²) in [5.41, 5.74) is 6.96. The Hall–Kier alpha value is -1.51. The van der Waals surface area contributed by atoms with Crippen LogP contribution in [-0.2, 0) is 0 Å². The second kappa shape index (κ2) is 3.94. The van der Waals surface area contributed by atoms with E-state index in [0.717, 1.165) is 11.3 Å². The lowest BCUT2D eigenvalue weighted by Gasteiger charge is -2.10. The number of nitrogen functional groups attached to an aromatic ring is 1. The molecular weight excluding hydrogens is 162 g/mol. The minimum atomic E-state index is 0.0841. The van der Waals surface area contributed by atoms with Crippen LogP contribution in [-0.4, -0.2) is 11.9 Å². The van der Waals surface area contributed by atoms with Crippen molar-refractivity contribution in [3.8, 4) is 0 Å². The summed E-state index contributed by atoms with van der Waals surface area (Å²) in [6.45, 7) is 4.10. The van der Waals surface area contributed by atoms with Gasteiger partial charge in [0.15, 0.2) is 0 Å². The topological polar surface area (TPSA) is 61.9 Å². The SMILES string of the molecule is CC(C)Nc1[c]ccc(C(=N)N)c1. The molecule has 0 aliphatic carbocycles. The minimum Gasteiger partial charge on any atom is -0.384 e. The molecule has 0 amide bonds. The molecule has 0 fully saturated rings. The average Bonchev–Trinajstić information content (AvgIpc) is 2.03. The van der Waals surface area contributed by atoms with Gasteiger partial charge in [-0.05, 0) is 19.9 Å². The van der Waals surface area contributed by atoms with Crippen LogP contribution in [0.1, 0.15) is 19.4 Å². The second-order valence-corrected chi connectivity index (χ2v) is 3.20. The van der Waals surface area contributed by atoms with Crippen LogP contribution in [0.5, 0.6) is 0 Å². The van der Waals surface area contributed by atoms with Crippen LogP contribution in [0.3, 0.4) is 0 Å². The van der Waals surface area contributed by atoms with Crippen LogP contribution < -0.4 is 11.1 Å². The molecule has 1 aromatic rings. The van der Waals surface area contributed by atoms with E-state index in [1.54, 1.807) is 12.1 Å². The van der Waals surface area contributed by atoms with E-state index in [0.29, 0.717) is 6.04 Å². The number of nitrogens with one attached hydrogen (secondary N) is 2. The fraction of sp³-hybridized carbons (Fsp3) is 0.300. The molecule has 0 spiro atoms. The van der Waals surface area contributed by atoms with E-state index in [4.69, 9.17) is 11.1 Å². The molecule has 0 unspecified atom stereocenters. The summed E-state index contributed by atoms with van der Waals surface area (Å²) in [5, 5.41) is 10.4. The first-order valence-electron chi connectivity index (χ1n) is 4.22. The summed E-state index contributed by atoms with van der Waals surface area (Å²) in [7, 11) is 0. The maximum atomic E-state index is 7.25. The molecule has 0 bridgehead atoms. The van der Waals surface area contributed by atoms with Crippen molar-refractivity contribution in [3.05, 3.63) is 29.8 Å². The van der Waals surface area contributed by atoms with Crippen molar-refractivity contribution in [3.63, 3.8) is 0 Å². The van der Waals surface area contributed by atoms with Gasteiger partial charge in [0.2, 0.25) is 0 Å². The summed E-state index contributed by atoms with van der Waals surface area (Å²) >= 11 is 0. The maximum Gasteiger partial charge on any atom is 0.122 e. The quantitative estimate of drug-likeness (QED) is 0.484. The Morgan fingerprint density at radius 2 is 2.31 bits per heavy atom. The first-order valence-corrected chi connectivity index (χ1v) is 4.22. The van der Waals surface area contributed by atoms with Gasteiger partial charge >= 0.3 is 0 Å². The number of hydrogen-bond donors (Lipinski definition) is 3. The smallest absolute Gasteiger partial charge is 0.122 e. The number of hydrogen-bond acceptors (Lipinski definition) is 2. The van der Waals surface area contributed by atoms with Gasteiger partial charge in [0.25, 0.3) is 0 Å². The van der Waals surface area contributed by atoms with Crippen LogP contribution in [0, 0.1) is 11.5 Å². The molecule has 0 saturated heterocycles. The summed E-state index contributed by atoms with van der Waals surface area (Å²) in [5.74, 6) is 0.0841. The molecule has 69 valence electrons. The molecule has 0 aliphatic heterocycles. The minimum absolute atomic E-state index is 0.0841. The lowest BCUT2D eigenvalue weighted by Crippen LogP contribution is -2.13. The number of amidine groups is 1. The molecule has 0 aromatic heterocycles. The molecule has 0 aliphatic rings. The van der Waals surface area contributed by atoms with E-state index < -0.39 is 0 Å². The zero-order valence-corrected chi connectivity index (χ0v) is 7.89. The Morgan fingerprint density at radius 1 is 1.62 bits per heavy atom. The van der Waals surface area contributed by atoms with Gasteiger partial charge in [0, 0.05) is 23.4 Å². The summed E-state index contributed by atoms with van der Waals surface area (Å²) in [6.07, 6.45) is 0. The highest BCUT2D eigenvalue weighted by atomic mass is 14.9. The predicted molar refractivity (Wildman–Crippen MR) is 55.1 cm³/mol. The molecule has 1 rings (SSSR count). The molecular formula is C10H14N3. The van der Waals surface area contributed by atoms with Crippen molar-refractivity contribution in [1.82, 2.24) is 0 Å². The van der Waals surface area contributed by atoms with Gasteiger partial charge in [-0.15, -0.1) is 0 Å². The summed E-state index contributed by atoms with van der Waals surface area (Å²) in [4.78, 5) is 0. The van der Waals surface area contributed by atoms with Crippen molar-refractivity contribution >= 4 is 11.5 Å². The van der Waals surface area contributed by atoms with Gasteiger partial charge in [0.05, 0.1) is 0 Å². The van der Waals surface area contributed by atoms with Crippen molar-refractivity contribution < 1.29 is 0 Å². The van der Waals surface area contributed by atoms with Crippen molar-refractivity contribution in [2.75, 3.05) is 5.32 Å². The van der Waals surface area contributed by atoms with Crippen LogP contribution in [0.4, 0.5) is 5.69 Å². The average molecular weight is 176 g/mol. The highest BCUT2D eigenvalue weighted by Crippen LogP contribution is 2.10. The fourth-order valence-corrected chi connectivity index (χ4v) is 1.03. The van der Waals surface area contributed by atoms with Crippen LogP contribution in [0.2, 0.25) is 0 Å². The molecule has 1 aromatic carbocycles. The molecule has 1 radical (unpaired) electrons. The normalized spacial score (nSPS) is 10.1. The van der Waals surface area contributed by atoms with E-state index in [1.165, 1.54) is 0 Å². The highest BCUT2D eigenvalue weighted by molar-refractivity contribution is 5.95. The van der Waals surface area contributed by atoms with E-state index in [2.05, 4.69) is 11.4 Å². The number of nitrogens with two attached hydrogens (primary N) is 1. The molecule has 3 heteroatoms. The predicted octanol–water partition coefficient (Wildman–Crippen LogP) is 1.59. The third-order valence-corrected chi connectivity index (χ3v) is 1.56. The maximum absolute atomic E-state index is 7.25. The lowest BCUT2D eigenvalue weighted by molar-refractivity contribution is 0.899. The largest absolute Gasteiger partial charge is 0.384 e. The Morgan fingerprint density at radius 3 is 2.85 bits per heavy atom. The monoisotopic (exact) mass is 176 g/mol. The van der Waals surface area contributed by atoms with Crippen LogP contribution in [0.15, 0.2) is 18.2 Å². The van der Waals surface area contributed by atoms with Gasteiger partial charge in [-0.3, -0.25) is 5.41 Å². The zero-order valence-electron chi connectivity index (χ0n) is 7.89. The van der Waals surface area contributed by atoms with E-state index >= 15 is 0 Å². The Balaban J connectivity index is 2.85.